The number of alkyl halides is 3. The number of halogens is 6. The second-order valence-corrected chi connectivity index (χ2v) is 19.5. The Morgan fingerprint density at radius 3 is 1.49 bits per heavy atom. The Bertz CT molecular complexity index is 1750. The maximum absolute atomic E-state index is 12.5. The van der Waals surface area contributed by atoms with Crippen molar-refractivity contribution in [2.45, 2.75) is 105 Å². The molecule has 0 bridgehead atoms. The molecule has 0 spiro atoms. The van der Waals surface area contributed by atoms with E-state index < -0.39 is 32.6 Å². The van der Waals surface area contributed by atoms with Gasteiger partial charge in [-0.15, -0.1) is 0 Å². The fraction of sp³-hybridized carbons (Fsp3) is 0.375. The van der Waals surface area contributed by atoms with Crippen LogP contribution in [0.15, 0.2) is 119 Å². The van der Waals surface area contributed by atoms with Crippen molar-refractivity contribution < 1.29 is 34.0 Å². The summed E-state index contributed by atoms with van der Waals surface area (Å²) >= 11 is 2.54. The normalized spacial score (nSPS) is 19.3. The minimum atomic E-state index is -4.22. The second kappa shape index (κ2) is 26.2. The van der Waals surface area contributed by atoms with Crippen molar-refractivity contribution in [3.8, 4) is 0 Å². The van der Waals surface area contributed by atoms with Crippen molar-refractivity contribution in [1.29, 1.82) is 0 Å². The third kappa shape index (κ3) is 18.9. The van der Waals surface area contributed by atoms with Crippen LogP contribution in [0, 0.1) is 47.5 Å². The predicted molar refractivity (Wildman–Crippen MR) is 235 cm³/mol. The number of aryl methyl sites for hydroxylation is 3. The zero-order valence-electron chi connectivity index (χ0n) is 33.9. The van der Waals surface area contributed by atoms with Crippen LogP contribution >= 0.6 is 33.0 Å². The van der Waals surface area contributed by atoms with E-state index in [0.717, 1.165) is 53.6 Å². The van der Waals surface area contributed by atoms with Gasteiger partial charge in [0.05, 0.1) is 5.56 Å². The topological polar surface area (TPSA) is 0 Å². The number of rotatable bonds is 3. The van der Waals surface area contributed by atoms with Crippen molar-refractivity contribution in [3.63, 3.8) is 0 Å². The van der Waals surface area contributed by atoms with Gasteiger partial charge in [0.25, 0.3) is 0 Å². The average Bonchev–Trinajstić information content (AvgIpc) is 3.87. The van der Waals surface area contributed by atoms with Crippen LogP contribution in [-0.2, 0) is 27.0 Å². The van der Waals surface area contributed by atoms with E-state index >= 15 is 0 Å². The van der Waals surface area contributed by atoms with E-state index in [-0.39, 0.29) is 14.9 Å². The molecule has 3 aliphatic carbocycles. The molecule has 2 saturated carbocycles. The van der Waals surface area contributed by atoms with Gasteiger partial charge in [-0.25, -0.2) is 0 Å². The molecule has 2 fully saturated rings. The first-order valence-corrected chi connectivity index (χ1v) is 25.7. The molecule has 7 heteroatoms. The summed E-state index contributed by atoms with van der Waals surface area (Å²) in [7, 11) is 9.87. The zero-order chi connectivity index (χ0) is 39.0. The van der Waals surface area contributed by atoms with Crippen LogP contribution in [0.3, 0.4) is 0 Å². The third-order valence-electron chi connectivity index (χ3n) is 10.00. The summed E-state index contributed by atoms with van der Waals surface area (Å²) in [5.74, 6) is 2.73. The molecule has 4 aromatic carbocycles. The Morgan fingerprint density at radius 2 is 1.09 bits per heavy atom. The van der Waals surface area contributed by atoms with Gasteiger partial charge in [-0.1, -0.05) is 156 Å². The molecule has 7 rings (SSSR count). The molecule has 0 aliphatic heterocycles. The van der Waals surface area contributed by atoms with Gasteiger partial charge in [0, 0.05) is 4.47 Å². The Kier molecular flexibility index (Phi) is 24.3. The summed E-state index contributed by atoms with van der Waals surface area (Å²) in [6.45, 7) is 13.1. The first kappa shape index (κ1) is 51.1. The quantitative estimate of drug-likeness (QED) is 0.180. The van der Waals surface area contributed by atoms with Gasteiger partial charge in [0.2, 0.25) is 0 Å². The van der Waals surface area contributed by atoms with Gasteiger partial charge in [-0.3, -0.25) is 0 Å². The molecular weight excluding hydrogens is 876 g/mol. The number of hydrogen-bond donors (Lipinski definition) is 0. The van der Waals surface area contributed by atoms with Crippen LogP contribution < -0.4 is 0 Å². The fourth-order valence-electron chi connectivity index (χ4n) is 7.22. The first-order chi connectivity index (χ1) is 25.2. The molecule has 4 aromatic rings. The van der Waals surface area contributed by atoms with E-state index in [4.69, 9.17) is 17.0 Å². The Morgan fingerprint density at radius 1 is 0.618 bits per heavy atom. The van der Waals surface area contributed by atoms with Crippen LogP contribution in [0.5, 0.6) is 0 Å². The van der Waals surface area contributed by atoms with Crippen LogP contribution in [0.1, 0.15) is 116 Å². The molecule has 0 saturated heterocycles. The van der Waals surface area contributed by atoms with Gasteiger partial charge in [0.15, 0.2) is 0 Å². The standard InChI is InChI=1S/C13H15F3.C13H18.C13H14.C7H7Br.2CH3.2ClH.Zr/c1-9-5-6-11(7-9)10-3-2-4-12(8-10)13(14,15)16;2*1-10-4-3-5-12(8-10)13-7-6-11(2)9-13;1-6-3-2-4-7(8)5-6;;;;;/h2-4,8-9,11H,5-7H2,1H3;3-5,8,11,13H,6-7,9H2,1-2H3;3-8H,9H2,1-2H3;2-5H,1H3;2*1H3;2*1H;/q;;;;2*-1;;;+4/p-2. The number of benzene rings is 4. The van der Waals surface area contributed by atoms with Gasteiger partial charge in [0.1, 0.15) is 0 Å². The first-order valence-electron chi connectivity index (χ1n) is 18.5. The number of allylic oxidation sites excluding steroid dienone is 4. The van der Waals surface area contributed by atoms with Crippen LogP contribution in [0.2, 0.25) is 0 Å². The Labute approximate surface area is 359 Å². The molecule has 0 nitrogen and oxygen atoms in total. The summed E-state index contributed by atoms with van der Waals surface area (Å²) in [6, 6.07) is 31.7. The van der Waals surface area contributed by atoms with Crippen LogP contribution in [0.25, 0.3) is 5.57 Å². The van der Waals surface area contributed by atoms with Crippen molar-refractivity contribution in [1.82, 2.24) is 0 Å². The molecule has 298 valence electrons. The van der Waals surface area contributed by atoms with Gasteiger partial charge in [-0.05, 0) is 124 Å². The molecule has 3 aliphatic rings. The molecule has 0 aromatic heterocycles. The predicted octanol–water partition coefficient (Wildman–Crippen LogP) is 17.3. The Balaban J connectivity index is 0.000000361. The maximum atomic E-state index is 12.5. The molecule has 4 atom stereocenters. The average molecular weight is 936 g/mol. The fourth-order valence-corrected chi connectivity index (χ4v) is 7.74. The second-order valence-electron chi connectivity index (χ2n) is 14.9. The van der Waals surface area contributed by atoms with E-state index in [9.17, 15) is 13.2 Å². The van der Waals surface area contributed by atoms with Crippen molar-refractivity contribution in [3.05, 3.63) is 173 Å². The van der Waals surface area contributed by atoms with E-state index in [1.54, 1.807) is 5.56 Å². The van der Waals surface area contributed by atoms with Crippen LogP contribution in [0.4, 0.5) is 13.2 Å². The van der Waals surface area contributed by atoms with Gasteiger partial charge >= 0.3 is 44.1 Å². The summed E-state index contributed by atoms with van der Waals surface area (Å²) in [4.78, 5) is 0. The van der Waals surface area contributed by atoms with Crippen molar-refractivity contribution in [2.75, 3.05) is 0 Å². The SMILES string of the molecule is CC1=CC=C(c2cccc(C)c2)C1.CC1CCC(c2cccc(C(F)(F)F)c2)C1.Cc1cccc(Br)c1.Cc1cccc(C2CCC(C)C2)c1.[CH3-].[CH3-].[Cl][Zr+2][Cl]. The third-order valence-corrected chi connectivity index (χ3v) is 10.5. The van der Waals surface area contributed by atoms with Gasteiger partial charge < -0.3 is 14.9 Å². The molecule has 0 N–H and O–H groups in total. The van der Waals surface area contributed by atoms with E-state index in [0.29, 0.717) is 11.8 Å². The molecule has 0 heterocycles. The molecule has 4 unspecified atom stereocenters. The molecule has 0 radical (unpaired) electrons. The zero-order valence-corrected chi connectivity index (χ0v) is 39.5. The van der Waals surface area contributed by atoms with Gasteiger partial charge in [-0.2, -0.15) is 13.2 Å². The molecule has 55 heavy (non-hydrogen) atoms. The summed E-state index contributed by atoms with van der Waals surface area (Å²) in [6.07, 6.45) is 8.68. The summed E-state index contributed by atoms with van der Waals surface area (Å²) < 4.78 is 38.7. The Hall–Kier alpha value is -1.91. The molecular formula is C48H60BrCl2F3Zr. The summed E-state index contributed by atoms with van der Waals surface area (Å²) in [5.41, 5.74) is 10.2. The van der Waals surface area contributed by atoms with E-state index in [1.165, 1.54) is 64.8 Å². The minimum absolute atomic E-state index is 0. The number of hydrogen-bond acceptors (Lipinski definition) is 0. The molecule has 0 amide bonds. The monoisotopic (exact) mass is 932 g/mol. The van der Waals surface area contributed by atoms with E-state index in [1.807, 2.05) is 18.2 Å². The summed E-state index contributed by atoms with van der Waals surface area (Å²) in [5, 5.41) is 0. The van der Waals surface area contributed by atoms with Crippen LogP contribution in [-0.4, -0.2) is 0 Å². The van der Waals surface area contributed by atoms with E-state index in [2.05, 4.69) is 130 Å². The van der Waals surface area contributed by atoms with Crippen molar-refractivity contribution in [2.24, 2.45) is 11.8 Å². The van der Waals surface area contributed by atoms with Crippen molar-refractivity contribution >= 4 is 38.5 Å².